The number of benzene rings is 2. The maximum absolute atomic E-state index is 6.48. The minimum absolute atomic E-state index is 0.0629. The van der Waals surface area contributed by atoms with Crippen LogP contribution < -0.4 is 4.74 Å². The Hall–Kier alpha value is -2.24. The van der Waals surface area contributed by atoms with Crippen LogP contribution >= 0.6 is 27.5 Å². The van der Waals surface area contributed by atoms with Gasteiger partial charge in [-0.2, -0.15) is 5.10 Å². The third kappa shape index (κ3) is 2.86. The second-order valence-electron chi connectivity index (χ2n) is 6.73. The maximum Gasteiger partial charge on any atom is 0.215 e. The number of ether oxygens (including phenoxy) is 1. The summed E-state index contributed by atoms with van der Waals surface area (Å²) in [5.74, 6) is 2.53. The summed E-state index contributed by atoms with van der Waals surface area (Å²) in [6.07, 6.45) is 0.367. The molecule has 0 aliphatic carbocycles. The molecule has 0 unspecified atom stereocenters. The van der Waals surface area contributed by atoms with Crippen molar-refractivity contribution in [1.29, 1.82) is 0 Å². The third-order valence-corrected chi connectivity index (χ3v) is 5.79. The van der Waals surface area contributed by atoms with Crippen LogP contribution in [-0.2, 0) is 0 Å². The average molecular weight is 444 g/mol. The molecule has 0 N–H and O–H groups in total. The number of aryl methyl sites for hydroxylation is 1. The zero-order valence-corrected chi connectivity index (χ0v) is 16.9. The predicted molar refractivity (Wildman–Crippen MR) is 108 cm³/mol. The highest BCUT2D eigenvalue weighted by Gasteiger charge is 2.42. The molecule has 2 aliphatic heterocycles. The molecule has 3 aromatic rings. The smallest absolute Gasteiger partial charge is 0.215 e. The number of fused-ring (bicyclic) bond motifs is 3. The minimum atomic E-state index is -0.383. The molecule has 0 saturated heterocycles. The van der Waals surface area contributed by atoms with Gasteiger partial charge < -0.3 is 9.15 Å². The molecule has 0 bridgehead atoms. The van der Waals surface area contributed by atoms with Crippen molar-refractivity contribution in [1.82, 2.24) is 5.01 Å². The van der Waals surface area contributed by atoms with Gasteiger partial charge in [0.2, 0.25) is 6.23 Å². The van der Waals surface area contributed by atoms with Crippen molar-refractivity contribution in [3.05, 3.63) is 86.7 Å². The van der Waals surface area contributed by atoms with Gasteiger partial charge in [0.05, 0.1) is 6.04 Å². The third-order valence-electron chi connectivity index (χ3n) is 4.95. The molecular formula is C21H16BrClN2O2. The second-order valence-corrected chi connectivity index (χ2v) is 8.05. The van der Waals surface area contributed by atoms with Crippen LogP contribution in [0.1, 0.15) is 41.3 Å². The molecule has 27 heavy (non-hydrogen) atoms. The molecular weight excluding hydrogens is 428 g/mol. The largest absolute Gasteiger partial charge is 0.464 e. The second kappa shape index (κ2) is 6.43. The van der Waals surface area contributed by atoms with Crippen molar-refractivity contribution in [3.8, 4) is 5.75 Å². The zero-order valence-electron chi connectivity index (χ0n) is 14.5. The fourth-order valence-corrected chi connectivity index (χ4v) is 4.28. The average Bonchev–Trinajstić information content (AvgIpc) is 3.28. The lowest BCUT2D eigenvalue weighted by Gasteiger charge is -2.38. The van der Waals surface area contributed by atoms with Gasteiger partial charge in [0.15, 0.2) is 0 Å². The Kier molecular flexibility index (Phi) is 4.02. The summed E-state index contributed by atoms with van der Waals surface area (Å²) < 4.78 is 13.2. The van der Waals surface area contributed by atoms with Crippen LogP contribution in [-0.4, -0.2) is 10.7 Å². The summed E-state index contributed by atoms with van der Waals surface area (Å²) in [6.45, 7) is 1.94. The molecule has 3 heterocycles. The summed E-state index contributed by atoms with van der Waals surface area (Å²) in [6, 6.07) is 17.8. The van der Waals surface area contributed by atoms with Gasteiger partial charge in [-0.25, -0.2) is 5.01 Å². The minimum Gasteiger partial charge on any atom is -0.464 e. The summed E-state index contributed by atoms with van der Waals surface area (Å²) in [4.78, 5) is 0. The standard InChI is InChI=1S/C21H16BrClN2O2/c1-12-6-8-20(26-12)17-11-18-15-10-13(22)7-9-19(15)27-21(25(18)24-17)14-4-2-3-5-16(14)23/h2-10,18,21H,11H2,1H3/t18-,21+/m0/s1. The number of furan rings is 1. The van der Waals surface area contributed by atoms with Gasteiger partial charge in [-0.05, 0) is 43.3 Å². The van der Waals surface area contributed by atoms with Crippen molar-refractivity contribution in [3.63, 3.8) is 0 Å². The summed E-state index contributed by atoms with van der Waals surface area (Å²) >= 11 is 10.0. The number of halogens is 2. The number of hydrogen-bond donors (Lipinski definition) is 0. The summed E-state index contributed by atoms with van der Waals surface area (Å²) in [7, 11) is 0. The fraction of sp³-hybridized carbons (Fsp3) is 0.190. The van der Waals surface area contributed by atoms with E-state index in [2.05, 4.69) is 22.0 Å². The van der Waals surface area contributed by atoms with E-state index in [0.717, 1.165) is 45.0 Å². The van der Waals surface area contributed by atoms with Crippen molar-refractivity contribution in [2.24, 2.45) is 5.10 Å². The lowest BCUT2D eigenvalue weighted by molar-refractivity contribution is -0.0190. The lowest BCUT2D eigenvalue weighted by Crippen LogP contribution is -2.33. The highest BCUT2D eigenvalue weighted by Crippen LogP contribution is 2.49. The Morgan fingerprint density at radius 1 is 1.11 bits per heavy atom. The van der Waals surface area contributed by atoms with Gasteiger partial charge in [-0.15, -0.1) is 0 Å². The fourth-order valence-electron chi connectivity index (χ4n) is 3.68. The van der Waals surface area contributed by atoms with Gasteiger partial charge in [-0.3, -0.25) is 0 Å². The van der Waals surface area contributed by atoms with E-state index in [1.54, 1.807) is 0 Å². The van der Waals surface area contributed by atoms with E-state index in [1.165, 1.54) is 0 Å². The van der Waals surface area contributed by atoms with Crippen molar-refractivity contribution in [2.45, 2.75) is 25.6 Å². The van der Waals surface area contributed by atoms with E-state index in [4.69, 9.17) is 25.9 Å². The maximum atomic E-state index is 6.48. The summed E-state index contributed by atoms with van der Waals surface area (Å²) in [5.41, 5.74) is 2.93. The predicted octanol–water partition coefficient (Wildman–Crippen LogP) is 6.25. The van der Waals surface area contributed by atoms with Crippen molar-refractivity contribution >= 4 is 33.2 Å². The quantitative estimate of drug-likeness (QED) is 0.470. The van der Waals surface area contributed by atoms with E-state index < -0.39 is 0 Å². The number of hydrogen-bond acceptors (Lipinski definition) is 4. The Labute approximate surface area is 170 Å². The molecule has 2 aromatic carbocycles. The first kappa shape index (κ1) is 16.9. The molecule has 0 spiro atoms. The normalized spacial score (nSPS) is 20.7. The Balaban J connectivity index is 1.63. The van der Waals surface area contributed by atoms with Crippen LogP contribution in [0.4, 0.5) is 0 Å². The Bertz CT molecular complexity index is 1060. The molecule has 0 radical (unpaired) electrons. The van der Waals surface area contributed by atoms with Crippen LogP contribution in [0.15, 0.2) is 68.6 Å². The van der Waals surface area contributed by atoms with Crippen LogP contribution in [0.5, 0.6) is 5.75 Å². The van der Waals surface area contributed by atoms with Gasteiger partial charge in [-0.1, -0.05) is 45.7 Å². The topological polar surface area (TPSA) is 38.0 Å². The van der Waals surface area contributed by atoms with E-state index in [0.29, 0.717) is 5.02 Å². The number of nitrogens with zero attached hydrogens (tertiary/aromatic N) is 2. The van der Waals surface area contributed by atoms with Crippen LogP contribution in [0.3, 0.4) is 0 Å². The molecule has 4 nitrogen and oxygen atoms in total. The van der Waals surface area contributed by atoms with Crippen molar-refractivity contribution < 1.29 is 9.15 Å². The first-order valence-corrected chi connectivity index (χ1v) is 9.90. The van der Waals surface area contributed by atoms with Crippen molar-refractivity contribution in [2.75, 3.05) is 0 Å². The van der Waals surface area contributed by atoms with Gasteiger partial charge >= 0.3 is 0 Å². The molecule has 0 saturated carbocycles. The number of hydrazone groups is 1. The van der Waals surface area contributed by atoms with E-state index in [9.17, 15) is 0 Å². The number of rotatable bonds is 2. The first-order valence-electron chi connectivity index (χ1n) is 8.73. The molecule has 6 heteroatoms. The van der Waals surface area contributed by atoms with Gasteiger partial charge in [0, 0.05) is 27.0 Å². The lowest BCUT2D eigenvalue weighted by atomic mass is 9.97. The molecule has 0 amide bonds. The van der Waals surface area contributed by atoms with E-state index in [1.807, 2.05) is 60.5 Å². The molecule has 1 aromatic heterocycles. The molecule has 2 atom stereocenters. The van der Waals surface area contributed by atoms with Crippen LogP contribution in [0.25, 0.3) is 0 Å². The van der Waals surface area contributed by atoms with E-state index in [-0.39, 0.29) is 12.3 Å². The summed E-state index contributed by atoms with van der Waals surface area (Å²) in [5, 5.41) is 7.55. The Morgan fingerprint density at radius 3 is 2.74 bits per heavy atom. The molecule has 5 rings (SSSR count). The van der Waals surface area contributed by atoms with E-state index >= 15 is 0 Å². The molecule has 2 aliphatic rings. The van der Waals surface area contributed by atoms with Crippen LogP contribution in [0.2, 0.25) is 5.02 Å². The highest BCUT2D eigenvalue weighted by molar-refractivity contribution is 9.10. The van der Waals surface area contributed by atoms with Gasteiger partial charge in [0.25, 0.3) is 0 Å². The zero-order chi connectivity index (χ0) is 18.5. The van der Waals surface area contributed by atoms with Gasteiger partial charge in [0.1, 0.15) is 23.0 Å². The first-order chi connectivity index (χ1) is 13.1. The highest BCUT2D eigenvalue weighted by atomic mass is 79.9. The monoisotopic (exact) mass is 442 g/mol. The SMILES string of the molecule is Cc1ccc(C2=NN3[C@@H](c4ccccc4Cl)Oc4ccc(Br)cc4[C@@H]3C2)o1. The Morgan fingerprint density at radius 2 is 1.96 bits per heavy atom. The molecule has 0 fully saturated rings. The van der Waals surface area contributed by atoms with Crippen LogP contribution in [0, 0.1) is 6.92 Å². The molecule has 136 valence electrons.